The molecule has 1 atom stereocenters. The lowest BCUT2D eigenvalue weighted by Crippen LogP contribution is -2.07. The zero-order valence-electron chi connectivity index (χ0n) is 6.16. The van der Waals surface area contributed by atoms with E-state index in [-0.39, 0.29) is 0 Å². The zero-order chi connectivity index (χ0) is 8.32. The SMILES string of the molecule is Cl[Si](Cl)(Cl)CCCCC1CO1. The minimum absolute atomic E-state index is 0.520. The fraction of sp³-hybridized carbons (Fsp3) is 1.00. The van der Waals surface area contributed by atoms with E-state index in [1.54, 1.807) is 0 Å². The van der Waals surface area contributed by atoms with Crippen LogP contribution in [0.15, 0.2) is 0 Å². The van der Waals surface area contributed by atoms with Gasteiger partial charge in [0.1, 0.15) is 0 Å². The summed E-state index contributed by atoms with van der Waals surface area (Å²) in [4.78, 5) is 0. The molecule has 1 aliphatic heterocycles. The van der Waals surface area contributed by atoms with Gasteiger partial charge in [-0.3, -0.25) is 0 Å². The van der Waals surface area contributed by atoms with Gasteiger partial charge in [-0.05, 0) is 12.5 Å². The third-order valence-electron chi connectivity index (χ3n) is 1.64. The Bertz CT molecular complexity index is 121. The molecular formula is C6H11Cl3OSi. The number of hydrogen-bond acceptors (Lipinski definition) is 1. The quantitative estimate of drug-likeness (QED) is 0.307. The van der Waals surface area contributed by atoms with Gasteiger partial charge in [-0.25, -0.2) is 0 Å². The van der Waals surface area contributed by atoms with Crippen molar-refractivity contribution in [3.05, 3.63) is 0 Å². The van der Waals surface area contributed by atoms with Gasteiger partial charge >= 0.3 is 6.00 Å². The van der Waals surface area contributed by atoms with Gasteiger partial charge in [0.2, 0.25) is 0 Å². The number of halogens is 3. The Morgan fingerprint density at radius 3 is 2.36 bits per heavy atom. The van der Waals surface area contributed by atoms with Crippen LogP contribution < -0.4 is 0 Å². The molecule has 11 heavy (non-hydrogen) atoms. The second kappa shape index (κ2) is 4.33. The van der Waals surface area contributed by atoms with Crippen molar-refractivity contribution in [3.63, 3.8) is 0 Å². The maximum atomic E-state index is 5.70. The number of rotatable bonds is 5. The van der Waals surface area contributed by atoms with E-state index in [2.05, 4.69) is 0 Å². The summed E-state index contributed by atoms with van der Waals surface area (Å²) in [6.07, 6.45) is 3.82. The highest BCUT2D eigenvalue weighted by molar-refractivity contribution is 7.64. The monoisotopic (exact) mass is 232 g/mol. The standard InChI is InChI=1S/C6H11Cl3OSi/c7-11(8,9)4-2-1-3-6-5-10-6/h6H,1-5H2. The van der Waals surface area contributed by atoms with Gasteiger partial charge in [0.15, 0.2) is 0 Å². The molecule has 0 aromatic heterocycles. The molecule has 1 rings (SSSR count). The molecule has 1 heterocycles. The largest absolute Gasteiger partial charge is 0.373 e. The smallest absolute Gasteiger partial charge is 0.341 e. The van der Waals surface area contributed by atoms with Gasteiger partial charge in [0.25, 0.3) is 0 Å². The van der Waals surface area contributed by atoms with Gasteiger partial charge in [0, 0.05) is 0 Å². The maximum absolute atomic E-state index is 5.70. The number of epoxide rings is 1. The van der Waals surface area contributed by atoms with E-state index in [4.69, 9.17) is 38.0 Å². The minimum Gasteiger partial charge on any atom is -0.373 e. The minimum atomic E-state index is -2.33. The summed E-state index contributed by atoms with van der Waals surface area (Å²) < 4.78 is 5.05. The normalized spacial score (nSPS) is 23.7. The predicted molar refractivity (Wildman–Crippen MR) is 51.7 cm³/mol. The summed E-state index contributed by atoms with van der Waals surface area (Å²) in [6, 6.07) is -1.55. The molecular weight excluding hydrogens is 223 g/mol. The first-order valence-corrected chi connectivity index (χ1v) is 9.00. The van der Waals surface area contributed by atoms with Gasteiger partial charge in [0.05, 0.1) is 12.7 Å². The molecule has 1 unspecified atom stereocenters. The Hall–Kier alpha value is 1.05. The van der Waals surface area contributed by atoms with Crippen molar-refractivity contribution in [2.75, 3.05) is 6.61 Å². The second-order valence-electron chi connectivity index (χ2n) is 2.82. The molecule has 1 saturated heterocycles. The first kappa shape index (κ1) is 10.1. The second-order valence-corrected chi connectivity index (χ2v) is 12.1. The zero-order valence-corrected chi connectivity index (χ0v) is 9.42. The molecule has 0 bridgehead atoms. The van der Waals surface area contributed by atoms with Crippen LogP contribution in [-0.2, 0) is 4.74 Å². The van der Waals surface area contributed by atoms with Crippen molar-refractivity contribution in [1.29, 1.82) is 0 Å². The summed E-state index contributed by atoms with van der Waals surface area (Å²) in [5, 5.41) is 0. The summed E-state index contributed by atoms with van der Waals surface area (Å²) in [5.41, 5.74) is 0. The molecule has 0 radical (unpaired) electrons. The molecule has 0 spiro atoms. The van der Waals surface area contributed by atoms with Gasteiger partial charge in [-0.1, -0.05) is 12.8 Å². The van der Waals surface area contributed by atoms with E-state index in [0.717, 1.165) is 31.9 Å². The topological polar surface area (TPSA) is 12.5 Å². The highest BCUT2D eigenvalue weighted by Gasteiger charge is 2.25. The van der Waals surface area contributed by atoms with Crippen LogP contribution in [0, 0.1) is 0 Å². The third-order valence-corrected chi connectivity index (χ3v) is 4.26. The van der Waals surface area contributed by atoms with Crippen LogP contribution in [0.4, 0.5) is 0 Å². The Morgan fingerprint density at radius 2 is 1.91 bits per heavy atom. The first-order valence-electron chi connectivity index (χ1n) is 3.76. The van der Waals surface area contributed by atoms with Crippen molar-refractivity contribution >= 4 is 39.2 Å². The molecule has 5 heteroatoms. The molecule has 0 amide bonds. The highest BCUT2D eigenvalue weighted by Crippen LogP contribution is 2.28. The van der Waals surface area contributed by atoms with Crippen LogP contribution in [0.2, 0.25) is 6.04 Å². The van der Waals surface area contributed by atoms with Crippen LogP contribution >= 0.6 is 33.2 Å². The molecule has 0 aromatic carbocycles. The fourth-order valence-electron chi connectivity index (χ4n) is 0.932. The molecule has 66 valence electrons. The summed E-state index contributed by atoms with van der Waals surface area (Å²) in [6.45, 7) is 0.936. The van der Waals surface area contributed by atoms with Crippen LogP contribution in [0.1, 0.15) is 19.3 Å². The van der Waals surface area contributed by atoms with Crippen LogP contribution in [0.25, 0.3) is 0 Å². The molecule has 0 aliphatic carbocycles. The maximum Gasteiger partial charge on any atom is 0.341 e. The summed E-state index contributed by atoms with van der Waals surface area (Å²) in [5.74, 6) is 0. The first-order chi connectivity index (χ1) is 5.08. The Labute approximate surface area is 82.1 Å². The fourth-order valence-corrected chi connectivity index (χ4v) is 2.79. The molecule has 1 fully saturated rings. The average Bonchev–Trinajstić information content (AvgIpc) is 2.60. The van der Waals surface area contributed by atoms with Crippen LogP contribution in [-0.4, -0.2) is 18.7 Å². The van der Waals surface area contributed by atoms with Crippen molar-refractivity contribution in [2.45, 2.75) is 31.4 Å². The van der Waals surface area contributed by atoms with Crippen LogP contribution in [0.3, 0.4) is 0 Å². The lowest BCUT2D eigenvalue weighted by molar-refractivity contribution is 0.391. The lowest BCUT2D eigenvalue weighted by atomic mass is 10.2. The number of ether oxygens (including phenoxy) is 1. The van der Waals surface area contributed by atoms with E-state index in [1.165, 1.54) is 0 Å². The molecule has 0 N–H and O–H groups in total. The molecule has 0 saturated carbocycles. The summed E-state index contributed by atoms with van der Waals surface area (Å²) in [7, 11) is 0. The van der Waals surface area contributed by atoms with Crippen molar-refractivity contribution in [1.82, 2.24) is 0 Å². The highest BCUT2D eigenvalue weighted by atomic mass is 35.8. The molecule has 0 aromatic rings. The Balaban J connectivity index is 1.87. The van der Waals surface area contributed by atoms with Crippen molar-refractivity contribution < 1.29 is 4.74 Å². The number of hydrogen-bond donors (Lipinski definition) is 0. The van der Waals surface area contributed by atoms with E-state index < -0.39 is 6.00 Å². The van der Waals surface area contributed by atoms with Crippen molar-refractivity contribution in [2.24, 2.45) is 0 Å². The molecule has 1 nitrogen and oxygen atoms in total. The third kappa shape index (κ3) is 6.23. The van der Waals surface area contributed by atoms with Gasteiger partial charge in [-0.15, -0.1) is 33.2 Å². The summed E-state index contributed by atoms with van der Waals surface area (Å²) >= 11 is 17.1. The van der Waals surface area contributed by atoms with E-state index >= 15 is 0 Å². The van der Waals surface area contributed by atoms with Gasteiger partial charge in [-0.2, -0.15) is 0 Å². The molecule has 1 aliphatic rings. The Morgan fingerprint density at radius 1 is 1.27 bits per heavy atom. The number of unbranched alkanes of at least 4 members (excludes halogenated alkanes) is 1. The van der Waals surface area contributed by atoms with Crippen LogP contribution in [0.5, 0.6) is 0 Å². The van der Waals surface area contributed by atoms with Gasteiger partial charge < -0.3 is 4.74 Å². The van der Waals surface area contributed by atoms with E-state index in [0.29, 0.717) is 6.10 Å². The average molecular weight is 234 g/mol. The predicted octanol–water partition coefficient (Wildman–Crippen LogP) is 3.21. The van der Waals surface area contributed by atoms with Crippen molar-refractivity contribution in [3.8, 4) is 0 Å². The lowest BCUT2D eigenvalue weighted by Gasteiger charge is -2.05. The van der Waals surface area contributed by atoms with E-state index in [1.807, 2.05) is 0 Å². The van der Waals surface area contributed by atoms with E-state index in [9.17, 15) is 0 Å². The Kier molecular flexibility index (Phi) is 3.99.